The lowest BCUT2D eigenvalue weighted by molar-refractivity contribution is 0.175. The molecular weight excluding hydrogens is 246 g/mol. The van der Waals surface area contributed by atoms with Crippen molar-refractivity contribution < 1.29 is 13.9 Å². The summed E-state index contributed by atoms with van der Waals surface area (Å²) in [6.45, 7) is 3.85. The van der Waals surface area contributed by atoms with E-state index < -0.39 is 17.7 Å². The van der Waals surface area contributed by atoms with Crippen LogP contribution in [0.1, 0.15) is 28.4 Å². The number of hydrogen-bond acceptors (Lipinski definition) is 1. The first-order valence-electron chi connectivity index (χ1n) is 6.16. The number of aryl methyl sites for hydroxylation is 2. The molecule has 0 amide bonds. The lowest BCUT2D eigenvalue weighted by Crippen LogP contribution is -2.06. The molecule has 0 radical (unpaired) electrons. The predicted octanol–water partition coefficient (Wildman–Crippen LogP) is 3.86. The molecule has 0 bridgehead atoms. The molecule has 0 saturated carbocycles. The molecule has 2 rings (SSSR count). The van der Waals surface area contributed by atoms with Crippen LogP contribution in [0.15, 0.2) is 36.4 Å². The maximum absolute atomic E-state index is 13.5. The summed E-state index contributed by atoms with van der Waals surface area (Å²) in [7, 11) is 0. The maximum Gasteiger partial charge on any atom is 0.129 e. The topological polar surface area (TPSA) is 20.2 Å². The second-order valence-electron chi connectivity index (χ2n) is 4.84. The Morgan fingerprint density at radius 1 is 1.00 bits per heavy atom. The van der Waals surface area contributed by atoms with Crippen molar-refractivity contribution in [2.24, 2.45) is 0 Å². The Morgan fingerprint density at radius 2 is 1.53 bits per heavy atom. The fourth-order valence-corrected chi connectivity index (χ4v) is 2.24. The molecule has 19 heavy (non-hydrogen) atoms. The molecule has 0 fully saturated rings. The van der Waals surface area contributed by atoms with Crippen molar-refractivity contribution in [2.45, 2.75) is 26.4 Å². The van der Waals surface area contributed by atoms with Gasteiger partial charge in [0.05, 0.1) is 6.10 Å². The van der Waals surface area contributed by atoms with E-state index in [4.69, 9.17) is 0 Å². The minimum atomic E-state index is -0.912. The predicted molar refractivity (Wildman–Crippen MR) is 70.9 cm³/mol. The van der Waals surface area contributed by atoms with Crippen LogP contribution in [0.5, 0.6) is 0 Å². The van der Waals surface area contributed by atoms with Gasteiger partial charge in [0.2, 0.25) is 0 Å². The van der Waals surface area contributed by atoms with Crippen molar-refractivity contribution in [3.63, 3.8) is 0 Å². The van der Waals surface area contributed by atoms with Crippen LogP contribution < -0.4 is 0 Å². The van der Waals surface area contributed by atoms with Crippen LogP contribution in [-0.4, -0.2) is 5.11 Å². The first kappa shape index (κ1) is 13.7. The van der Waals surface area contributed by atoms with E-state index in [9.17, 15) is 13.9 Å². The Morgan fingerprint density at radius 3 is 2.05 bits per heavy atom. The van der Waals surface area contributed by atoms with Crippen LogP contribution in [0.4, 0.5) is 8.78 Å². The number of aliphatic hydroxyl groups is 1. The van der Waals surface area contributed by atoms with Crippen molar-refractivity contribution >= 4 is 0 Å². The Hall–Kier alpha value is -1.74. The molecule has 100 valence electrons. The summed E-state index contributed by atoms with van der Waals surface area (Å²) < 4.78 is 27.1. The molecule has 0 aliphatic carbocycles. The van der Waals surface area contributed by atoms with Gasteiger partial charge in [-0.15, -0.1) is 0 Å². The van der Waals surface area contributed by atoms with Gasteiger partial charge in [0.1, 0.15) is 11.6 Å². The highest BCUT2D eigenvalue weighted by molar-refractivity contribution is 5.31. The zero-order valence-corrected chi connectivity index (χ0v) is 11.0. The molecule has 0 aromatic heterocycles. The van der Waals surface area contributed by atoms with Gasteiger partial charge in [0, 0.05) is 12.0 Å². The summed E-state index contributed by atoms with van der Waals surface area (Å²) >= 11 is 0. The van der Waals surface area contributed by atoms with Crippen LogP contribution in [0.2, 0.25) is 0 Å². The van der Waals surface area contributed by atoms with Gasteiger partial charge in [-0.25, -0.2) is 8.78 Å². The molecule has 2 aromatic carbocycles. The number of rotatable bonds is 3. The molecule has 0 aliphatic rings. The van der Waals surface area contributed by atoms with E-state index in [1.165, 1.54) is 18.2 Å². The highest BCUT2D eigenvalue weighted by Gasteiger charge is 2.15. The minimum Gasteiger partial charge on any atom is -0.388 e. The van der Waals surface area contributed by atoms with Gasteiger partial charge < -0.3 is 5.11 Å². The second-order valence-corrected chi connectivity index (χ2v) is 4.84. The molecule has 3 heteroatoms. The van der Waals surface area contributed by atoms with Gasteiger partial charge in [-0.1, -0.05) is 35.4 Å². The summed E-state index contributed by atoms with van der Waals surface area (Å²) in [6.07, 6.45) is -0.980. The third-order valence-electron chi connectivity index (χ3n) is 3.09. The van der Waals surface area contributed by atoms with E-state index >= 15 is 0 Å². The number of hydrogen-bond donors (Lipinski definition) is 1. The Labute approximate surface area is 111 Å². The van der Waals surface area contributed by atoms with E-state index in [0.29, 0.717) is 5.56 Å². The fourth-order valence-electron chi connectivity index (χ4n) is 2.24. The quantitative estimate of drug-likeness (QED) is 0.890. The Balaban J connectivity index is 2.28. The van der Waals surface area contributed by atoms with Gasteiger partial charge >= 0.3 is 0 Å². The number of aliphatic hydroxyl groups excluding tert-OH is 1. The van der Waals surface area contributed by atoms with E-state index in [-0.39, 0.29) is 12.0 Å². The van der Waals surface area contributed by atoms with E-state index in [1.807, 2.05) is 32.0 Å². The van der Waals surface area contributed by atoms with Crippen molar-refractivity contribution in [2.75, 3.05) is 0 Å². The molecule has 0 saturated heterocycles. The van der Waals surface area contributed by atoms with E-state index in [2.05, 4.69) is 0 Å². The SMILES string of the molecule is Cc1cc(C)cc(C(O)Cc2c(F)cccc2F)c1. The molecule has 0 heterocycles. The third-order valence-corrected chi connectivity index (χ3v) is 3.09. The van der Waals surface area contributed by atoms with Crippen molar-refractivity contribution in [3.05, 3.63) is 70.3 Å². The molecule has 1 unspecified atom stereocenters. The molecule has 0 aliphatic heterocycles. The van der Waals surface area contributed by atoms with Crippen LogP contribution in [0, 0.1) is 25.5 Å². The average molecular weight is 262 g/mol. The smallest absolute Gasteiger partial charge is 0.129 e. The van der Waals surface area contributed by atoms with Crippen LogP contribution in [0.3, 0.4) is 0 Å². The van der Waals surface area contributed by atoms with Gasteiger partial charge in [-0.3, -0.25) is 0 Å². The van der Waals surface area contributed by atoms with Gasteiger partial charge in [0.25, 0.3) is 0 Å². The van der Waals surface area contributed by atoms with Crippen molar-refractivity contribution in [3.8, 4) is 0 Å². The molecule has 1 atom stereocenters. The zero-order chi connectivity index (χ0) is 14.0. The van der Waals surface area contributed by atoms with Crippen LogP contribution in [0.25, 0.3) is 0 Å². The summed E-state index contributed by atoms with van der Waals surface area (Å²) in [5.74, 6) is -1.24. The molecule has 0 spiro atoms. The van der Waals surface area contributed by atoms with E-state index in [1.54, 1.807) is 0 Å². The van der Waals surface area contributed by atoms with Gasteiger partial charge in [0.15, 0.2) is 0 Å². The first-order chi connectivity index (χ1) is 8.97. The summed E-state index contributed by atoms with van der Waals surface area (Å²) in [6, 6.07) is 9.36. The highest BCUT2D eigenvalue weighted by atomic mass is 19.1. The largest absolute Gasteiger partial charge is 0.388 e. The third kappa shape index (κ3) is 3.18. The molecule has 2 aromatic rings. The fraction of sp³-hybridized carbons (Fsp3) is 0.250. The normalized spacial score (nSPS) is 12.5. The standard InChI is InChI=1S/C16H16F2O/c1-10-6-11(2)8-12(7-10)16(19)9-13-14(17)4-3-5-15(13)18/h3-8,16,19H,9H2,1-2H3. The number of benzene rings is 2. The summed E-state index contributed by atoms with van der Waals surface area (Å²) in [5.41, 5.74) is 2.64. The van der Waals surface area contributed by atoms with Gasteiger partial charge in [-0.05, 0) is 31.5 Å². The Kier molecular flexibility index (Phi) is 3.96. The Bertz CT molecular complexity index is 553. The number of halogens is 2. The van der Waals surface area contributed by atoms with E-state index in [0.717, 1.165) is 11.1 Å². The first-order valence-corrected chi connectivity index (χ1v) is 6.16. The van der Waals surface area contributed by atoms with Crippen molar-refractivity contribution in [1.82, 2.24) is 0 Å². The van der Waals surface area contributed by atoms with Crippen molar-refractivity contribution in [1.29, 1.82) is 0 Å². The van der Waals surface area contributed by atoms with Crippen LogP contribution >= 0.6 is 0 Å². The molecule has 1 nitrogen and oxygen atoms in total. The highest BCUT2D eigenvalue weighted by Crippen LogP contribution is 2.23. The molecule has 1 N–H and O–H groups in total. The zero-order valence-electron chi connectivity index (χ0n) is 11.0. The van der Waals surface area contributed by atoms with Crippen LogP contribution in [-0.2, 0) is 6.42 Å². The lowest BCUT2D eigenvalue weighted by Gasteiger charge is -2.14. The van der Waals surface area contributed by atoms with Gasteiger partial charge in [-0.2, -0.15) is 0 Å². The second kappa shape index (κ2) is 5.49. The summed E-state index contributed by atoms with van der Waals surface area (Å²) in [5, 5.41) is 10.1. The maximum atomic E-state index is 13.5. The lowest BCUT2D eigenvalue weighted by atomic mass is 9.97. The minimum absolute atomic E-state index is 0.0681. The summed E-state index contributed by atoms with van der Waals surface area (Å²) in [4.78, 5) is 0. The molecular formula is C16H16F2O. The monoisotopic (exact) mass is 262 g/mol. The average Bonchev–Trinajstić information content (AvgIpc) is 2.32.